The topological polar surface area (TPSA) is 89.3 Å². The predicted molar refractivity (Wildman–Crippen MR) is 127 cm³/mol. The number of pyridine rings is 1. The average molecular weight is 445 g/mol. The Labute approximate surface area is 193 Å². The molecular formula is C26H28N4O3. The van der Waals surface area contributed by atoms with Gasteiger partial charge in [-0.05, 0) is 47.7 Å². The van der Waals surface area contributed by atoms with E-state index in [4.69, 9.17) is 9.72 Å². The molecule has 170 valence electrons. The van der Waals surface area contributed by atoms with Crippen LogP contribution in [0.15, 0.2) is 48.9 Å². The highest BCUT2D eigenvalue weighted by Crippen LogP contribution is 2.31. The second-order valence-electron chi connectivity index (χ2n) is 8.70. The quantitative estimate of drug-likeness (QED) is 0.544. The summed E-state index contributed by atoms with van der Waals surface area (Å²) in [6.07, 6.45) is 11.7. The number of allylic oxidation sites excluding steroid dienone is 1. The number of fused-ring (bicyclic) bond motifs is 2. The molecule has 2 aliphatic heterocycles. The van der Waals surface area contributed by atoms with E-state index in [-0.39, 0.29) is 12.3 Å². The van der Waals surface area contributed by atoms with Crippen molar-refractivity contribution in [1.82, 2.24) is 14.5 Å². The minimum atomic E-state index is -0.811. The molecule has 5 rings (SSSR count). The number of carboxylic acid groups (broad SMARTS) is 1. The zero-order valence-electron chi connectivity index (χ0n) is 18.5. The Bertz CT molecular complexity index is 1180. The smallest absolute Gasteiger partial charge is 0.304 e. The fraction of sp³-hybridized carbons (Fsp3) is 0.346. The molecule has 0 radical (unpaired) electrons. The van der Waals surface area contributed by atoms with Crippen LogP contribution in [-0.4, -0.2) is 38.8 Å². The van der Waals surface area contributed by atoms with E-state index in [1.807, 2.05) is 29.0 Å². The zero-order chi connectivity index (χ0) is 22.6. The first kappa shape index (κ1) is 21.2. The minimum absolute atomic E-state index is 0.0557. The molecule has 2 N–H and O–H groups in total. The van der Waals surface area contributed by atoms with E-state index < -0.39 is 5.97 Å². The number of aliphatic carboxylic acids is 1. The van der Waals surface area contributed by atoms with E-state index in [0.717, 1.165) is 60.7 Å². The summed E-state index contributed by atoms with van der Waals surface area (Å²) in [5.41, 5.74) is 5.33. The zero-order valence-corrected chi connectivity index (χ0v) is 18.5. The number of nitrogens with zero attached hydrogens (tertiary/aromatic N) is 3. The van der Waals surface area contributed by atoms with Gasteiger partial charge in [-0.15, -0.1) is 0 Å². The van der Waals surface area contributed by atoms with Crippen molar-refractivity contribution in [2.24, 2.45) is 0 Å². The molecule has 7 heteroatoms. The fourth-order valence-electron chi connectivity index (χ4n) is 4.54. The van der Waals surface area contributed by atoms with E-state index >= 15 is 0 Å². The third-order valence-corrected chi connectivity index (χ3v) is 6.26. The number of anilines is 1. The molecular weight excluding hydrogens is 416 g/mol. The summed E-state index contributed by atoms with van der Waals surface area (Å²) in [6.45, 7) is 2.22. The van der Waals surface area contributed by atoms with Crippen LogP contribution in [0.4, 0.5) is 5.82 Å². The number of imidazole rings is 1. The van der Waals surface area contributed by atoms with Crippen molar-refractivity contribution in [3.8, 4) is 5.75 Å². The van der Waals surface area contributed by atoms with Gasteiger partial charge in [-0.25, -0.2) is 9.97 Å². The summed E-state index contributed by atoms with van der Waals surface area (Å²) in [6, 6.07) is 10.3. The molecule has 7 nitrogen and oxygen atoms in total. The molecule has 0 saturated heterocycles. The number of hydrogen-bond donors (Lipinski definition) is 2. The lowest BCUT2D eigenvalue weighted by atomic mass is 9.94. The van der Waals surface area contributed by atoms with Gasteiger partial charge in [-0.3, -0.25) is 4.79 Å². The van der Waals surface area contributed by atoms with Crippen LogP contribution in [0.3, 0.4) is 0 Å². The number of nitrogens with one attached hydrogen (secondary N) is 1. The first-order valence-electron chi connectivity index (χ1n) is 11.5. The van der Waals surface area contributed by atoms with E-state index in [1.165, 1.54) is 11.1 Å². The van der Waals surface area contributed by atoms with Crippen molar-refractivity contribution < 1.29 is 14.6 Å². The lowest BCUT2D eigenvalue weighted by molar-refractivity contribution is -0.137. The summed E-state index contributed by atoms with van der Waals surface area (Å²) in [4.78, 5) is 20.7. The molecule has 0 spiro atoms. The Hall–Kier alpha value is -3.61. The third kappa shape index (κ3) is 5.08. The highest BCUT2D eigenvalue weighted by atomic mass is 16.5. The highest BCUT2D eigenvalue weighted by Gasteiger charge is 2.20. The maximum atomic E-state index is 11.5. The molecule has 2 aliphatic rings. The van der Waals surface area contributed by atoms with Gasteiger partial charge in [0.05, 0.1) is 25.0 Å². The maximum absolute atomic E-state index is 11.5. The third-order valence-electron chi connectivity index (χ3n) is 6.26. The van der Waals surface area contributed by atoms with Gasteiger partial charge in [0.1, 0.15) is 11.6 Å². The Morgan fingerprint density at radius 3 is 3.06 bits per heavy atom. The summed E-state index contributed by atoms with van der Waals surface area (Å²) in [5, 5.41) is 12.8. The number of benzene rings is 1. The lowest BCUT2D eigenvalue weighted by Gasteiger charge is -2.17. The van der Waals surface area contributed by atoms with E-state index in [1.54, 1.807) is 6.33 Å². The molecule has 1 aromatic carbocycles. The van der Waals surface area contributed by atoms with Crippen LogP contribution in [0, 0.1) is 0 Å². The first-order chi connectivity index (χ1) is 16.1. The van der Waals surface area contributed by atoms with Crippen molar-refractivity contribution in [3.05, 3.63) is 77.0 Å². The molecule has 0 amide bonds. The predicted octanol–water partition coefficient (Wildman–Crippen LogP) is 4.09. The first-order valence-corrected chi connectivity index (χ1v) is 11.5. The van der Waals surface area contributed by atoms with Crippen molar-refractivity contribution in [2.45, 2.75) is 44.6 Å². The van der Waals surface area contributed by atoms with Crippen LogP contribution in [0.25, 0.3) is 6.08 Å². The molecule has 3 aromatic rings. The Kier molecular flexibility index (Phi) is 6.11. The van der Waals surface area contributed by atoms with Crippen LogP contribution < -0.4 is 10.1 Å². The average Bonchev–Trinajstić information content (AvgIpc) is 3.47. The second kappa shape index (κ2) is 9.48. The number of aryl methyl sites for hydroxylation is 1. The largest absolute Gasteiger partial charge is 0.493 e. The number of aromatic nitrogens is 3. The van der Waals surface area contributed by atoms with Crippen molar-refractivity contribution in [3.63, 3.8) is 0 Å². The van der Waals surface area contributed by atoms with Gasteiger partial charge in [0, 0.05) is 43.7 Å². The molecule has 1 unspecified atom stereocenters. The van der Waals surface area contributed by atoms with Crippen molar-refractivity contribution in [2.75, 3.05) is 18.5 Å². The summed E-state index contributed by atoms with van der Waals surface area (Å²) < 4.78 is 7.64. The van der Waals surface area contributed by atoms with Crippen molar-refractivity contribution in [1.29, 1.82) is 0 Å². The SMILES string of the molecule is O=C(O)CC(Cn1cnc(/C=C/Cc2ccc3c(n2)NCCC3)c1)c1ccc2c(c1)OCC2. The maximum Gasteiger partial charge on any atom is 0.304 e. The summed E-state index contributed by atoms with van der Waals surface area (Å²) >= 11 is 0. The van der Waals surface area contributed by atoms with Gasteiger partial charge < -0.3 is 19.7 Å². The number of carbonyl (C=O) groups is 1. The molecule has 1 atom stereocenters. The number of hydrogen-bond acceptors (Lipinski definition) is 5. The lowest BCUT2D eigenvalue weighted by Crippen LogP contribution is -2.13. The summed E-state index contributed by atoms with van der Waals surface area (Å²) in [7, 11) is 0. The van der Waals surface area contributed by atoms with Gasteiger partial charge in [-0.2, -0.15) is 0 Å². The molecule has 33 heavy (non-hydrogen) atoms. The van der Waals surface area contributed by atoms with E-state index in [2.05, 4.69) is 34.6 Å². The Balaban J connectivity index is 1.24. The molecule has 0 saturated carbocycles. The van der Waals surface area contributed by atoms with E-state index in [0.29, 0.717) is 13.2 Å². The second-order valence-corrected chi connectivity index (χ2v) is 8.70. The van der Waals surface area contributed by atoms with Gasteiger partial charge in [0.2, 0.25) is 0 Å². The van der Waals surface area contributed by atoms with Gasteiger partial charge in [0.25, 0.3) is 0 Å². The van der Waals surface area contributed by atoms with Crippen molar-refractivity contribution >= 4 is 17.9 Å². The molecule has 0 bridgehead atoms. The molecule has 0 fully saturated rings. The molecule has 0 aliphatic carbocycles. The normalized spacial score (nSPS) is 15.5. The van der Waals surface area contributed by atoms with Gasteiger partial charge in [-0.1, -0.05) is 24.3 Å². The van der Waals surface area contributed by atoms with Gasteiger partial charge >= 0.3 is 5.97 Å². The van der Waals surface area contributed by atoms with Crippen LogP contribution in [0.5, 0.6) is 5.75 Å². The molecule has 2 aromatic heterocycles. The van der Waals surface area contributed by atoms with E-state index in [9.17, 15) is 9.90 Å². The van der Waals surface area contributed by atoms with Gasteiger partial charge in [0.15, 0.2) is 0 Å². The minimum Gasteiger partial charge on any atom is -0.493 e. The Morgan fingerprint density at radius 1 is 1.24 bits per heavy atom. The highest BCUT2D eigenvalue weighted by molar-refractivity contribution is 5.68. The fourth-order valence-corrected chi connectivity index (χ4v) is 4.54. The standard InChI is InChI=1S/C26H28N4O3/c31-25(32)14-21(20-7-6-18-10-12-33-24(18)13-20)15-30-16-23(28-17-30)5-1-4-22-9-8-19-3-2-11-27-26(19)29-22/h1,5-9,13,16-17,21H,2-4,10-12,14-15H2,(H,27,29)(H,31,32)/b5-1+. The Morgan fingerprint density at radius 2 is 2.15 bits per heavy atom. The van der Waals surface area contributed by atoms with Crippen LogP contribution >= 0.6 is 0 Å². The number of carboxylic acids is 1. The monoisotopic (exact) mass is 444 g/mol. The number of ether oxygens (including phenoxy) is 1. The van der Waals surface area contributed by atoms with Crippen LogP contribution in [0.1, 0.15) is 46.8 Å². The van der Waals surface area contributed by atoms with Crippen LogP contribution in [-0.2, 0) is 30.6 Å². The molecule has 4 heterocycles. The number of rotatable bonds is 8. The van der Waals surface area contributed by atoms with Crippen LogP contribution in [0.2, 0.25) is 0 Å². The summed E-state index contributed by atoms with van der Waals surface area (Å²) in [5.74, 6) is 0.921.